The van der Waals surface area contributed by atoms with Gasteiger partial charge in [0, 0.05) is 12.1 Å². The third-order valence-electron chi connectivity index (χ3n) is 2.49. The normalized spacial score (nSPS) is 11.8. The monoisotopic (exact) mass is 271 g/mol. The van der Waals surface area contributed by atoms with E-state index in [9.17, 15) is 4.79 Å². The molecule has 0 aliphatic heterocycles. The molecule has 1 amide bonds. The number of hydrogen-bond donors (Lipinski definition) is 1. The van der Waals surface area contributed by atoms with Gasteiger partial charge in [-0.15, -0.1) is 11.6 Å². The van der Waals surface area contributed by atoms with Crippen molar-refractivity contribution in [2.24, 2.45) is 0 Å². The van der Waals surface area contributed by atoms with E-state index in [0.717, 1.165) is 6.42 Å². The highest BCUT2D eigenvalue weighted by Gasteiger charge is 2.23. The van der Waals surface area contributed by atoms with E-state index in [-0.39, 0.29) is 5.91 Å². The predicted octanol–water partition coefficient (Wildman–Crippen LogP) is 2.51. The molecule has 100 valence electrons. The molecule has 0 aliphatic carbocycles. The number of para-hydroxylation sites is 1. The fourth-order valence-electron chi connectivity index (χ4n) is 1.59. The number of rotatable bonds is 6. The van der Waals surface area contributed by atoms with Crippen LogP contribution in [0.1, 0.15) is 24.3 Å². The topological polar surface area (TPSA) is 47.6 Å². The number of alkyl halides is 1. The second-order valence-corrected chi connectivity index (χ2v) is 4.17. The largest absolute Gasteiger partial charge is 0.493 e. The number of carbonyl (C=O) groups is 1. The SMILES string of the molecule is CCCNC(=O)C(Cl)c1cccc(OC)c1OC. The van der Waals surface area contributed by atoms with Gasteiger partial charge < -0.3 is 14.8 Å². The van der Waals surface area contributed by atoms with Crippen LogP contribution in [0.4, 0.5) is 0 Å². The lowest BCUT2D eigenvalue weighted by molar-refractivity contribution is -0.120. The summed E-state index contributed by atoms with van der Waals surface area (Å²) < 4.78 is 10.4. The Labute approximate surface area is 112 Å². The lowest BCUT2D eigenvalue weighted by Gasteiger charge is -2.16. The molecule has 1 aromatic rings. The first-order valence-electron chi connectivity index (χ1n) is 5.78. The molecule has 0 fully saturated rings. The standard InChI is InChI=1S/C13H18ClNO3/c1-4-8-15-13(16)11(14)9-6-5-7-10(17-2)12(9)18-3/h5-7,11H,4,8H2,1-3H3,(H,15,16). The summed E-state index contributed by atoms with van der Waals surface area (Å²) in [7, 11) is 3.07. The number of nitrogens with one attached hydrogen (secondary N) is 1. The Morgan fingerprint density at radius 2 is 2.11 bits per heavy atom. The van der Waals surface area contributed by atoms with Crippen LogP contribution < -0.4 is 14.8 Å². The van der Waals surface area contributed by atoms with Gasteiger partial charge in [-0.05, 0) is 12.5 Å². The van der Waals surface area contributed by atoms with Crippen LogP contribution in [0.2, 0.25) is 0 Å². The summed E-state index contributed by atoms with van der Waals surface area (Å²) in [6.45, 7) is 2.59. The minimum atomic E-state index is -0.790. The molecule has 0 aromatic heterocycles. The quantitative estimate of drug-likeness (QED) is 0.809. The van der Waals surface area contributed by atoms with E-state index in [4.69, 9.17) is 21.1 Å². The average molecular weight is 272 g/mol. The molecule has 1 N–H and O–H groups in total. The number of hydrogen-bond acceptors (Lipinski definition) is 3. The second-order valence-electron chi connectivity index (χ2n) is 3.74. The molecule has 1 aromatic carbocycles. The zero-order valence-corrected chi connectivity index (χ0v) is 11.6. The summed E-state index contributed by atoms with van der Waals surface area (Å²) in [5.74, 6) is 0.820. The number of benzene rings is 1. The summed E-state index contributed by atoms with van der Waals surface area (Å²) in [5, 5.41) is 1.96. The summed E-state index contributed by atoms with van der Waals surface area (Å²) in [5.41, 5.74) is 0.604. The van der Waals surface area contributed by atoms with Gasteiger partial charge in [-0.25, -0.2) is 0 Å². The molecule has 5 heteroatoms. The Kier molecular flexibility index (Phi) is 5.78. The van der Waals surface area contributed by atoms with Crippen LogP contribution in [0.5, 0.6) is 11.5 Å². The van der Waals surface area contributed by atoms with Crippen LogP contribution in [0.3, 0.4) is 0 Å². The maximum absolute atomic E-state index is 11.8. The highest BCUT2D eigenvalue weighted by atomic mass is 35.5. The van der Waals surface area contributed by atoms with Crippen molar-refractivity contribution in [3.8, 4) is 11.5 Å². The third kappa shape index (κ3) is 3.29. The molecule has 1 unspecified atom stereocenters. The molecule has 0 bridgehead atoms. The lowest BCUT2D eigenvalue weighted by atomic mass is 10.1. The van der Waals surface area contributed by atoms with Crippen LogP contribution in [0, 0.1) is 0 Å². The Hall–Kier alpha value is -1.42. The van der Waals surface area contributed by atoms with E-state index in [1.165, 1.54) is 7.11 Å². The highest BCUT2D eigenvalue weighted by Crippen LogP contribution is 2.37. The molecule has 1 rings (SSSR count). The molecule has 0 saturated heterocycles. The van der Waals surface area contributed by atoms with Gasteiger partial charge >= 0.3 is 0 Å². The number of halogens is 1. The van der Waals surface area contributed by atoms with Crippen molar-refractivity contribution < 1.29 is 14.3 Å². The van der Waals surface area contributed by atoms with Crippen molar-refractivity contribution in [3.05, 3.63) is 23.8 Å². The summed E-state index contributed by atoms with van der Waals surface area (Å²) in [6, 6.07) is 5.29. The molecule has 18 heavy (non-hydrogen) atoms. The summed E-state index contributed by atoms with van der Waals surface area (Å²) in [4.78, 5) is 11.8. The Balaban J connectivity index is 2.97. The van der Waals surface area contributed by atoms with Crippen molar-refractivity contribution in [1.82, 2.24) is 5.32 Å². The Bertz CT molecular complexity index is 409. The lowest BCUT2D eigenvalue weighted by Crippen LogP contribution is -2.27. The van der Waals surface area contributed by atoms with Crippen LogP contribution in [0.15, 0.2) is 18.2 Å². The van der Waals surface area contributed by atoms with Crippen LogP contribution in [-0.4, -0.2) is 26.7 Å². The molecule has 4 nitrogen and oxygen atoms in total. The number of ether oxygens (including phenoxy) is 2. The third-order valence-corrected chi connectivity index (χ3v) is 2.92. The highest BCUT2D eigenvalue weighted by molar-refractivity contribution is 6.31. The van der Waals surface area contributed by atoms with Crippen molar-refractivity contribution in [1.29, 1.82) is 0 Å². The zero-order valence-electron chi connectivity index (χ0n) is 10.8. The second kappa shape index (κ2) is 7.11. The molecule has 0 aliphatic rings. The predicted molar refractivity (Wildman–Crippen MR) is 71.4 cm³/mol. The van der Waals surface area contributed by atoms with Gasteiger partial charge in [-0.1, -0.05) is 19.1 Å². The number of carbonyl (C=O) groups excluding carboxylic acids is 1. The number of methoxy groups -OCH3 is 2. The fraction of sp³-hybridized carbons (Fsp3) is 0.462. The summed E-state index contributed by atoms with van der Waals surface area (Å²) >= 11 is 6.16. The van der Waals surface area contributed by atoms with Gasteiger partial charge in [-0.3, -0.25) is 4.79 Å². The molecule has 0 radical (unpaired) electrons. The molecular formula is C13H18ClNO3. The van der Waals surface area contributed by atoms with Crippen molar-refractivity contribution in [3.63, 3.8) is 0 Å². The average Bonchev–Trinajstić information content (AvgIpc) is 2.42. The molecule has 0 saturated carbocycles. The number of amides is 1. The molecule has 1 atom stereocenters. The van der Waals surface area contributed by atoms with Crippen LogP contribution in [0.25, 0.3) is 0 Å². The van der Waals surface area contributed by atoms with Gasteiger partial charge in [0.15, 0.2) is 11.5 Å². The van der Waals surface area contributed by atoms with E-state index in [1.807, 2.05) is 6.92 Å². The Morgan fingerprint density at radius 1 is 1.39 bits per heavy atom. The van der Waals surface area contributed by atoms with E-state index < -0.39 is 5.38 Å². The Morgan fingerprint density at radius 3 is 2.67 bits per heavy atom. The van der Waals surface area contributed by atoms with Gasteiger partial charge in [0.05, 0.1) is 14.2 Å². The van der Waals surface area contributed by atoms with Crippen molar-refractivity contribution in [2.75, 3.05) is 20.8 Å². The minimum Gasteiger partial charge on any atom is -0.493 e. The van der Waals surface area contributed by atoms with E-state index >= 15 is 0 Å². The first kappa shape index (κ1) is 14.6. The summed E-state index contributed by atoms with van der Waals surface area (Å²) in [6.07, 6.45) is 0.866. The molecule has 0 heterocycles. The van der Waals surface area contributed by atoms with Gasteiger partial charge in [-0.2, -0.15) is 0 Å². The first-order valence-corrected chi connectivity index (χ1v) is 6.22. The van der Waals surface area contributed by atoms with Gasteiger partial charge in [0.1, 0.15) is 5.38 Å². The fourth-order valence-corrected chi connectivity index (χ4v) is 1.84. The van der Waals surface area contributed by atoms with E-state index in [0.29, 0.717) is 23.6 Å². The van der Waals surface area contributed by atoms with E-state index in [2.05, 4.69) is 5.32 Å². The van der Waals surface area contributed by atoms with Crippen molar-refractivity contribution in [2.45, 2.75) is 18.7 Å². The van der Waals surface area contributed by atoms with Crippen LogP contribution in [-0.2, 0) is 4.79 Å². The molecular weight excluding hydrogens is 254 g/mol. The minimum absolute atomic E-state index is 0.231. The van der Waals surface area contributed by atoms with E-state index in [1.54, 1.807) is 25.3 Å². The maximum atomic E-state index is 11.8. The van der Waals surface area contributed by atoms with Crippen LogP contribution >= 0.6 is 11.6 Å². The smallest absolute Gasteiger partial charge is 0.242 e. The zero-order chi connectivity index (χ0) is 13.5. The van der Waals surface area contributed by atoms with Crippen molar-refractivity contribution >= 4 is 17.5 Å². The molecule has 0 spiro atoms. The van der Waals surface area contributed by atoms with Gasteiger partial charge in [0.25, 0.3) is 0 Å². The first-order chi connectivity index (χ1) is 8.65. The van der Waals surface area contributed by atoms with Gasteiger partial charge in [0.2, 0.25) is 5.91 Å². The maximum Gasteiger partial charge on any atom is 0.242 e.